The molecule has 0 aliphatic carbocycles. The van der Waals surface area contributed by atoms with Gasteiger partial charge in [-0.2, -0.15) is 13.2 Å². The second kappa shape index (κ2) is 9.23. The summed E-state index contributed by atoms with van der Waals surface area (Å²) in [6, 6.07) is 15.6. The molecule has 0 unspecified atom stereocenters. The van der Waals surface area contributed by atoms with Gasteiger partial charge in [-0.15, -0.1) is 16.4 Å². The maximum Gasteiger partial charge on any atom is 0.419 e. The van der Waals surface area contributed by atoms with Crippen molar-refractivity contribution in [2.24, 2.45) is 0 Å². The summed E-state index contributed by atoms with van der Waals surface area (Å²) in [6.45, 7) is 1.32. The molecule has 7 nitrogen and oxygen atoms in total. The first kappa shape index (κ1) is 24.8. The number of nitrogens with zero attached hydrogens (tertiary/aromatic N) is 4. The monoisotopic (exact) mass is 547 g/mol. The minimum Gasteiger partial charge on any atom is -0.252 e. The average molecular weight is 548 g/mol. The number of sulfonamides is 1. The summed E-state index contributed by atoms with van der Waals surface area (Å²) < 4.78 is 83.7. The Bertz CT molecular complexity index is 1680. The van der Waals surface area contributed by atoms with E-state index >= 15 is 0 Å². The second-order valence-corrected chi connectivity index (χ2v) is 11.0. The van der Waals surface area contributed by atoms with Crippen molar-refractivity contribution in [1.82, 2.24) is 20.6 Å². The molecule has 2 heterocycles. The summed E-state index contributed by atoms with van der Waals surface area (Å²) in [6.07, 6.45) is -4.93. The first-order valence-electron chi connectivity index (χ1n) is 10.8. The number of alkyl halides is 3. The molecule has 190 valence electrons. The van der Waals surface area contributed by atoms with Crippen LogP contribution in [0.4, 0.5) is 22.6 Å². The highest BCUT2D eigenvalue weighted by atomic mass is 32.2. The van der Waals surface area contributed by atoms with Gasteiger partial charge in [0.2, 0.25) is 0 Å². The quantitative estimate of drug-likeness (QED) is 0.266. The molecule has 5 aromatic rings. The lowest BCUT2D eigenvalue weighted by Crippen LogP contribution is -2.30. The Morgan fingerprint density at radius 1 is 1.03 bits per heavy atom. The minimum absolute atomic E-state index is 0.0153. The first-order chi connectivity index (χ1) is 17.6. The third-order valence-electron chi connectivity index (χ3n) is 5.77. The van der Waals surface area contributed by atoms with E-state index in [2.05, 4.69) is 20.6 Å². The number of halogens is 4. The lowest BCUT2D eigenvalue weighted by atomic mass is 10.1. The summed E-state index contributed by atoms with van der Waals surface area (Å²) in [7, 11) is -4.26. The molecule has 2 aromatic heterocycles. The Morgan fingerprint density at radius 3 is 2.41 bits per heavy atom. The van der Waals surface area contributed by atoms with Gasteiger partial charge in [0.25, 0.3) is 10.0 Å². The van der Waals surface area contributed by atoms with E-state index < -0.39 is 34.1 Å². The van der Waals surface area contributed by atoms with Gasteiger partial charge in [-0.25, -0.2) is 17.9 Å². The second-order valence-electron chi connectivity index (χ2n) is 8.13. The zero-order chi connectivity index (χ0) is 26.4. The Morgan fingerprint density at radius 2 is 1.76 bits per heavy atom. The van der Waals surface area contributed by atoms with Gasteiger partial charge in [0.1, 0.15) is 10.8 Å². The largest absolute Gasteiger partial charge is 0.419 e. The number of H-pyrrole nitrogens is 1. The van der Waals surface area contributed by atoms with Gasteiger partial charge in [-0.05, 0) is 76.3 Å². The molecule has 37 heavy (non-hydrogen) atoms. The maximum absolute atomic E-state index is 13.9. The maximum atomic E-state index is 13.9. The van der Waals surface area contributed by atoms with Crippen LogP contribution in [-0.4, -0.2) is 29.0 Å². The molecule has 0 amide bonds. The fourth-order valence-corrected chi connectivity index (χ4v) is 6.84. The molecule has 0 aliphatic heterocycles. The Hall–Kier alpha value is -3.84. The minimum atomic E-state index is -4.93. The number of hydrogen-bond donors (Lipinski definition) is 1. The third kappa shape index (κ3) is 4.67. The highest BCUT2D eigenvalue weighted by Gasteiger charge is 2.35. The van der Waals surface area contributed by atoms with Crippen molar-refractivity contribution in [3.05, 3.63) is 89.2 Å². The lowest BCUT2D eigenvalue weighted by molar-refractivity contribution is -0.140. The molecule has 0 saturated carbocycles. The van der Waals surface area contributed by atoms with E-state index in [-0.39, 0.29) is 10.5 Å². The normalized spacial score (nSPS) is 12.2. The smallest absolute Gasteiger partial charge is 0.252 e. The van der Waals surface area contributed by atoms with Crippen LogP contribution in [0.2, 0.25) is 0 Å². The Balaban J connectivity index is 1.62. The molecule has 0 fully saturated rings. The number of thiophene rings is 1. The highest BCUT2D eigenvalue weighted by Crippen LogP contribution is 2.41. The summed E-state index contributed by atoms with van der Waals surface area (Å²) >= 11 is 1.21. The molecule has 0 aliphatic rings. The zero-order valence-corrected chi connectivity index (χ0v) is 20.6. The van der Waals surface area contributed by atoms with Crippen LogP contribution in [0.3, 0.4) is 0 Å². The van der Waals surface area contributed by atoms with Crippen LogP contribution in [-0.2, 0) is 22.7 Å². The zero-order valence-electron chi connectivity index (χ0n) is 19.0. The number of benzene rings is 3. The molecule has 3 aromatic carbocycles. The molecule has 0 atom stereocenters. The van der Waals surface area contributed by atoms with Crippen LogP contribution in [0.25, 0.3) is 21.5 Å². The topological polar surface area (TPSA) is 91.8 Å². The third-order valence-corrected chi connectivity index (χ3v) is 8.94. The van der Waals surface area contributed by atoms with E-state index in [1.165, 1.54) is 35.6 Å². The van der Waals surface area contributed by atoms with Crippen LogP contribution in [0.1, 0.15) is 16.7 Å². The standard InChI is InChI=1S/C24H17F4N5O2S2/c1-14-18-4-2-3-5-21(18)36-23(14)33(13-15-6-11-20(25)19(12-15)24(26,27)28)37(34,35)17-9-7-16(8-10-17)22-29-31-32-30-22/h2-12H,13H2,1H3,(H,29,30,31,32). The number of rotatable bonds is 6. The number of nitrogens with one attached hydrogen (secondary N) is 1. The summed E-state index contributed by atoms with van der Waals surface area (Å²) in [5.74, 6) is -1.09. The predicted molar refractivity (Wildman–Crippen MR) is 131 cm³/mol. The Labute approximate surface area is 212 Å². The van der Waals surface area contributed by atoms with Gasteiger partial charge >= 0.3 is 6.18 Å². The molecule has 13 heteroatoms. The van der Waals surface area contributed by atoms with E-state index in [0.29, 0.717) is 34.1 Å². The van der Waals surface area contributed by atoms with Crippen LogP contribution >= 0.6 is 11.3 Å². The van der Waals surface area contributed by atoms with Crippen molar-refractivity contribution in [2.45, 2.75) is 24.5 Å². The SMILES string of the molecule is Cc1c(N(Cc2ccc(F)c(C(F)(F)F)c2)S(=O)(=O)c2ccc(-c3nnn[nH]3)cc2)sc2ccccc12. The first-order valence-corrected chi connectivity index (χ1v) is 13.0. The fourth-order valence-electron chi connectivity index (χ4n) is 3.91. The number of aryl methyl sites for hydroxylation is 1. The fraction of sp³-hybridized carbons (Fsp3) is 0.125. The number of aromatic amines is 1. The number of hydrogen-bond acceptors (Lipinski definition) is 6. The number of fused-ring (bicyclic) bond motifs is 1. The lowest BCUT2D eigenvalue weighted by Gasteiger charge is -2.24. The predicted octanol–water partition coefficient (Wildman–Crippen LogP) is 5.94. The van der Waals surface area contributed by atoms with Gasteiger partial charge in [0, 0.05) is 10.3 Å². The highest BCUT2D eigenvalue weighted by molar-refractivity contribution is 7.93. The van der Waals surface area contributed by atoms with Crippen molar-refractivity contribution >= 4 is 36.4 Å². The molecule has 5 rings (SSSR count). The molecule has 0 spiro atoms. The summed E-state index contributed by atoms with van der Waals surface area (Å²) in [5.41, 5.74) is -0.271. The van der Waals surface area contributed by atoms with E-state index in [9.17, 15) is 26.0 Å². The van der Waals surface area contributed by atoms with Crippen LogP contribution in [0, 0.1) is 12.7 Å². The van der Waals surface area contributed by atoms with Crippen molar-refractivity contribution in [3.8, 4) is 11.4 Å². The van der Waals surface area contributed by atoms with Crippen molar-refractivity contribution < 1.29 is 26.0 Å². The van der Waals surface area contributed by atoms with Crippen molar-refractivity contribution in [1.29, 1.82) is 0 Å². The van der Waals surface area contributed by atoms with Gasteiger partial charge in [0.05, 0.1) is 17.0 Å². The number of tetrazole rings is 1. The van der Waals surface area contributed by atoms with Crippen LogP contribution in [0.15, 0.2) is 71.6 Å². The van der Waals surface area contributed by atoms with E-state index in [4.69, 9.17) is 0 Å². The summed E-state index contributed by atoms with van der Waals surface area (Å²) in [4.78, 5) is -0.0845. The van der Waals surface area contributed by atoms with E-state index in [0.717, 1.165) is 20.5 Å². The summed E-state index contributed by atoms with van der Waals surface area (Å²) in [5, 5.41) is 14.5. The average Bonchev–Trinajstić information content (AvgIpc) is 3.52. The Kier molecular flexibility index (Phi) is 6.20. The molecule has 0 bridgehead atoms. The molecule has 1 N–H and O–H groups in total. The van der Waals surface area contributed by atoms with Gasteiger partial charge in [-0.1, -0.05) is 24.3 Å². The van der Waals surface area contributed by atoms with E-state index in [1.54, 1.807) is 6.92 Å². The molecular weight excluding hydrogens is 530 g/mol. The van der Waals surface area contributed by atoms with Crippen molar-refractivity contribution in [2.75, 3.05) is 4.31 Å². The van der Waals surface area contributed by atoms with Crippen LogP contribution < -0.4 is 4.31 Å². The number of anilines is 1. The number of aromatic nitrogens is 4. The van der Waals surface area contributed by atoms with Crippen molar-refractivity contribution in [3.63, 3.8) is 0 Å². The van der Waals surface area contributed by atoms with Gasteiger partial charge in [-0.3, -0.25) is 4.31 Å². The van der Waals surface area contributed by atoms with Gasteiger partial charge < -0.3 is 0 Å². The van der Waals surface area contributed by atoms with E-state index in [1.807, 2.05) is 24.3 Å². The molecule has 0 saturated heterocycles. The molecule has 0 radical (unpaired) electrons. The molecular formula is C24H17F4N5O2S2. The van der Waals surface area contributed by atoms with Crippen LogP contribution in [0.5, 0.6) is 0 Å². The van der Waals surface area contributed by atoms with Gasteiger partial charge in [0.15, 0.2) is 5.82 Å².